The van der Waals surface area contributed by atoms with E-state index < -0.39 is 0 Å². The fourth-order valence-corrected chi connectivity index (χ4v) is 2.56. The van der Waals surface area contributed by atoms with Crippen LogP contribution in [0.5, 0.6) is 5.75 Å². The third-order valence-corrected chi connectivity index (χ3v) is 3.40. The lowest BCUT2D eigenvalue weighted by atomic mass is 10.1. The summed E-state index contributed by atoms with van der Waals surface area (Å²) < 4.78 is 10.8. The summed E-state index contributed by atoms with van der Waals surface area (Å²) in [5.74, 6) is 1.73. The number of anilines is 1. The maximum atomic E-state index is 10.4. The number of aromatic nitrogens is 1. The van der Waals surface area contributed by atoms with Gasteiger partial charge in [0.05, 0.1) is 12.6 Å². The Labute approximate surface area is 99.3 Å². The Morgan fingerprint density at radius 2 is 2.53 bits per heavy atom. The Kier molecular flexibility index (Phi) is 2.39. The van der Waals surface area contributed by atoms with Crippen LogP contribution in [0, 0.1) is 6.92 Å². The van der Waals surface area contributed by atoms with E-state index in [9.17, 15) is 4.79 Å². The van der Waals surface area contributed by atoms with Crippen molar-refractivity contribution in [2.24, 2.45) is 0 Å². The summed E-state index contributed by atoms with van der Waals surface area (Å²) in [5, 5.41) is 0. The summed E-state index contributed by atoms with van der Waals surface area (Å²) in [6.45, 7) is 3.87. The van der Waals surface area contributed by atoms with Crippen LogP contribution >= 0.6 is 0 Å². The number of ether oxygens (including phenoxy) is 2. The topological polar surface area (TPSA) is 51.7 Å². The van der Waals surface area contributed by atoms with Crippen LogP contribution in [0.25, 0.3) is 0 Å². The molecule has 17 heavy (non-hydrogen) atoms. The molecule has 0 bridgehead atoms. The highest BCUT2D eigenvalue weighted by Gasteiger charge is 2.39. The van der Waals surface area contributed by atoms with Gasteiger partial charge in [0.1, 0.15) is 12.7 Å². The number of hydrogen-bond acceptors (Lipinski definition) is 5. The van der Waals surface area contributed by atoms with Gasteiger partial charge in [-0.15, -0.1) is 0 Å². The number of rotatable bonds is 2. The quantitative estimate of drug-likeness (QED) is 0.712. The highest BCUT2D eigenvalue weighted by Crippen LogP contribution is 2.38. The van der Waals surface area contributed by atoms with E-state index in [2.05, 4.69) is 9.88 Å². The second-order valence-corrected chi connectivity index (χ2v) is 4.49. The number of pyridine rings is 1. The van der Waals surface area contributed by atoms with Crippen molar-refractivity contribution in [3.63, 3.8) is 0 Å². The van der Waals surface area contributed by atoms with Crippen molar-refractivity contribution in [3.8, 4) is 5.75 Å². The van der Waals surface area contributed by atoms with Crippen LogP contribution in [-0.4, -0.2) is 36.8 Å². The van der Waals surface area contributed by atoms with Crippen LogP contribution < -0.4 is 9.64 Å². The Hall–Kier alpha value is -1.78. The highest BCUT2D eigenvalue weighted by molar-refractivity contribution is 5.59. The van der Waals surface area contributed by atoms with Crippen LogP contribution in [0.2, 0.25) is 0 Å². The van der Waals surface area contributed by atoms with Gasteiger partial charge in [0.15, 0.2) is 11.6 Å². The largest absolute Gasteiger partial charge is 0.487 e. The molecule has 1 aromatic rings. The first-order valence-electron chi connectivity index (χ1n) is 5.73. The van der Waals surface area contributed by atoms with Crippen molar-refractivity contribution >= 4 is 12.3 Å². The van der Waals surface area contributed by atoms with Gasteiger partial charge >= 0.3 is 0 Å². The summed E-state index contributed by atoms with van der Waals surface area (Å²) in [4.78, 5) is 16.9. The number of carbonyl (C=O) groups excluding carboxylic acids is 1. The lowest BCUT2D eigenvalue weighted by Gasteiger charge is -2.32. The van der Waals surface area contributed by atoms with Crippen molar-refractivity contribution < 1.29 is 14.3 Å². The third kappa shape index (κ3) is 1.62. The van der Waals surface area contributed by atoms with Gasteiger partial charge in [0, 0.05) is 12.6 Å². The second kappa shape index (κ2) is 3.91. The van der Waals surface area contributed by atoms with Gasteiger partial charge in [-0.25, -0.2) is 4.98 Å². The maximum Gasteiger partial charge on any atom is 0.293 e. The zero-order valence-electron chi connectivity index (χ0n) is 9.63. The van der Waals surface area contributed by atoms with Crippen molar-refractivity contribution in [2.75, 3.05) is 18.1 Å². The number of aryl methyl sites for hydroxylation is 1. The van der Waals surface area contributed by atoms with Crippen LogP contribution in [0.3, 0.4) is 0 Å². The lowest BCUT2D eigenvalue weighted by Crippen LogP contribution is -2.39. The Morgan fingerprint density at radius 1 is 1.65 bits per heavy atom. The van der Waals surface area contributed by atoms with Crippen LogP contribution in [0.4, 0.5) is 5.82 Å². The molecule has 0 amide bonds. The molecule has 2 aliphatic rings. The number of carbonyl (C=O) groups is 1. The van der Waals surface area contributed by atoms with E-state index in [1.807, 2.05) is 13.0 Å². The predicted octanol–water partition coefficient (Wildman–Crippen LogP) is 0.903. The Balaban J connectivity index is 1.91. The summed E-state index contributed by atoms with van der Waals surface area (Å²) in [6, 6.07) is 2.20. The first kappa shape index (κ1) is 10.4. The predicted molar refractivity (Wildman–Crippen MR) is 61.2 cm³/mol. The zero-order chi connectivity index (χ0) is 11.8. The van der Waals surface area contributed by atoms with E-state index in [1.165, 1.54) is 0 Å². The normalized spacial score (nSPS) is 25.8. The zero-order valence-corrected chi connectivity index (χ0v) is 9.63. The van der Waals surface area contributed by atoms with Gasteiger partial charge in [-0.1, -0.05) is 0 Å². The van der Waals surface area contributed by atoms with Crippen molar-refractivity contribution in [3.05, 3.63) is 17.8 Å². The first-order chi connectivity index (χ1) is 8.29. The minimum atomic E-state index is -0.0469. The lowest BCUT2D eigenvalue weighted by molar-refractivity contribution is -0.132. The Bertz CT molecular complexity index is 449. The molecule has 2 atom stereocenters. The molecular formula is C12H14N2O3. The van der Waals surface area contributed by atoms with Crippen LogP contribution in [0.15, 0.2) is 12.3 Å². The Morgan fingerprint density at radius 3 is 3.35 bits per heavy atom. The standard InChI is InChI=1S/C12H14N2O3/c1-8-2-3-13-12-11(8)16-6-9-4-10(17-7-15)5-14(9)12/h2-3,7,9-10H,4-6H2,1H3. The van der Waals surface area contributed by atoms with Crippen molar-refractivity contribution in [1.29, 1.82) is 0 Å². The van der Waals surface area contributed by atoms with E-state index in [0.29, 0.717) is 19.6 Å². The van der Waals surface area contributed by atoms with Crippen LogP contribution in [-0.2, 0) is 9.53 Å². The smallest absolute Gasteiger partial charge is 0.293 e. The summed E-state index contributed by atoms with van der Waals surface area (Å²) in [7, 11) is 0. The molecule has 2 unspecified atom stereocenters. The molecule has 0 spiro atoms. The third-order valence-electron chi connectivity index (χ3n) is 3.40. The van der Waals surface area contributed by atoms with E-state index in [0.717, 1.165) is 23.6 Å². The molecule has 3 rings (SSSR count). The SMILES string of the molecule is Cc1ccnc2c1OCC1CC(OC=O)CN21. The molecule has 5 nitrogen and oxygen atoms in total. The molecule has 1 aromatic heterocycles. The number of hydrogen-bond donors (Lipinski definition) is 0. The molecule has 3 heterocycles. The van der Waals surface area contributed by atoms with E-state index in [1.54, 1.807) is 6.20 Å². The summed E-state index contributed by atoms with van der Waals surface area (Å²) in [6.07, 6.45) is 2.55. The molecular weight excluding hydrogens is 220 g/mol. The van der Waals surface area contributed by atoms with Crippen LogP contribution in [0.1, 0.15) is 12.0 Å². The monoisotopic (exact) mass is 234 g/mol. The summed E-state index contributed by atoms with van der Waals surface area (Å²) in [5.41, 5.74) is 1.09. The average Bonchev–Trinajstić information content (AvgIpc) is 2.73. The molecule has 0 aromatic carbocycles. The van der Waals surface area contributed by atoms with Crippen molar-refractivity contribution in [1.82, 2.24) is 4.98 Å². The minimum Gasteiger partial charge on any atom is -0.487 e. The molecule has 1 fully saturated rings. The fourth-order valence-electron chi connectivity index (χ4n) is 2.56. The molecule has 5 heteroatoms. The molecule has 0 N–H and O–H groups in total. The minimum absolute atomic E-state index is 0.0469. The van der Waals surface area contributed by atoms with E-state index in [-0.39, 0.29) is 12.1 Å². The molecule has 0 radical (unpaired) electrons. The van der Waals surface area contributed by atoms with Gasteiger partial charge < -0.3 is 14.4 Å². The molecule has 1 saturated heterocycles. The van der Waals surface area contributed by atoms with E-state index >= 15 is 0 Å². The first-order valence-corrected chi connectivity index (χ1v) is 5.73. The average molecular weight is 234 g/mol. The molecule has 90 valence electrons. The molecule has 0 saturated carbocycles. The van der Waals surface area contributed by atoms with Gasteiger partial charge in [0.2, 0.25) is 0 Å². The molecule has 0 aliphatic carbocycles. The fraction of sp³-hybridized carbons (Fsp3) is 0.500. The van der Waals surface area contributed by atoms with Gasteiger partial charge in [0.25, 0.3) is 6.47 Å². The van der Waals surface area contributed by atoms with E-state index in [4.69, 9.17) is 9.47 Å². The van der Waals surface area contributed by atoms with Gasteiger partial charge in [-0.05, 0) is 18.6 Å². The van der Waals surface area contributed by atoms with Gasteiger partial charge in [-0.3, -0.25) is 4.79 Å². The van der Waals surface area contributed by atoms with Gasteiger partial charge in [-0.2, -0.15) is 0 Å². The number of nitrogens with zero attached hydrogens (tertiary/aromatic N) is 2. The molecule has 2 aliphatic heterocycles. The maximum absolute atomic E-state index is 10.4. The second-order valence-electron chi connectivity index (χ2n) is 4.49. The van der Waals surface area contributed by atoms with Crippen molar-refractivity contribution in [2.45, 2.75) is 25.5 Å². The number of fused-ring (bicyclic) bond motifs is 3. The highest BCUT2D eigenvalue weighted by atomic mass is 16.5. The summed E-state index contributed by atoms with van der Waals surface area (Å²) >= 11 is 0.